The van der Waals surface area contributed by atoms with Crippen LogP contribution in [0, 0.1) is 6.92 Å². The molecule has 0 saturated carbocycles. The Labute approximate surface area is 129 Å². The Balaban J connectivity index is 1.99. The van der Waals surface area contributed by atoms with Crippen LogP contribution in [0.4, 0.5) is 11.9 Å². The largest absolute Gasteiger partial charge is 0.352 e. The van der Waals surface area contributed by atoms with Crippen LogP contribution < -0.4 is 10.2 Å². The Morgan fingerprint density at radius 3 is 2.62 bits per heavy atom. The van der Waals surface area contributed by atoms with Gasteiger partial charge < -0.3 is 10.2 Å². The van der Waals surface area contributed by atoms with Gasteiger partial charge in [0.1, 0.15) is 0 Å². The first-order valence-electron chi connectivity index (χ1n) is 7.01. The zero-order valence-electron chi connectivity index (χ0n) is 12.5. The quantitative estimate of drug-likeness (QED) is 0.843. The van der Waals surface area contributed by atoms with Gasteiger partial charge in [-0.2, -0.15) is 20.1 Å². The minimum atomic E-state index is 0.198. The Bertz CT molecular complexity index is 580. The molecule has 0 aliphatic rings. The van der Waals surface area contributed by atoms with Gasteiger partial charge in [0.2, 0.25) is 17.2 Å². The number of halogens is 1. The molecular formula is C13H20ClN7. The Hall–Kier alpha value is -1.89. The summed E-state index contributed by atoms with van der Waals surface area (Å²) in [4.78, 5) is 14.7. The van der Waals surface area contributed by atoms with E-state index in [1.807, 2.05) is 42.7 Å². The van der Waals surface area contributed by atoms with Crippen molar-refractivity contribution in [1.82, 2.24) is 24.7 Å². The summed E-state index contributed by atoms with van der Waals surface area (Å²) < 4.78 is 1.87. The average molecular weight is 310 g/mol. The predicted octanol–water partition coefficient (Wildman–Crippen LogP) is 1.99. The number of nitrogens with one attached hydrogen (secondary N) is 1. The first kappa shape index (κ1) is 15.5. The summed E-state index contributed by atoms with van der Waals surface area (Å²) in [6.45, 7) is 9.16. The van der Waals surface area contributed by atoms with E-state index in [4.69, 9.17) is 11.6 Å². The van der Waals surface area contributed by atoms with Gasteiger partial charge in [-0.25, -0.2) is 0 Å². The lowest BCUT2D eigenvalue weighted by Gasteiger charge is -2.18. The SMILES string of the molecule is CCN(CC)c1nc(Cl)nc(NCCn2cc(C)cn2)n1. The summed E-state index contributed by atoms with van der Waals surface area (Å²) in [5.41, 5.74) is 1.14. The zero-order chi connectivity index (χ0) is 15.2. The van der Waals surface area contributed by atoms with Crippen molar-refractivity contribution < 1.29 is 0 Å². The standard InChI is InChI=1S/C13H20ClN7/c1-4-20(5-2)13-18-11(14)17-12(19-13)15-6-7-21-9-10(3)8-16-21/h8-9H,4-7H2,1-3H3,(H,15,17,18,19). The number of anilines is 2. The number of nitrogens with zero attached hydrogens (tertiary/aromatic N) is 6. The van der Waals surface area contributed by atoms with E-state index >= 15 is 0 Å². The van der Waals surface area contributed by atoms with E-state index in [0.717, 1.165) is 25.2 Å². The van der Waals surface area contributed by atoms with Crippen molar-refractivity contribution in [3.05, 3.63) is 23.2 Å². The molecule has 0 saturated heterocycles. The molecular weight excluding hydrogens is 290 g/mol. The monoisotopic (exact) mass is 309 g/mol. The molecule has 0 bridgehead atoms. The van der Waals surface area contributed by atoms with Crippen LogP contribution in [0.1, 0.15) is 19.4 Å². The van der Waals surface area contributed by atoms with E-state index in [2.05, 4.69) is 25.4 Å². The fourth-order valence-corrected chi connectivity index (χ4v) is 2.09. The summed E-state index contributed by atoms with van der Waals surface area (Å²) in [7, 11) is 0. The van der Waals surface area contributed by atoms with E-state index in [1.165, 1.54) is 0 Å². The minimum absolute atomic E-state index is 0.198. The molecule has 2 aromatic rings. The third-order valence-electron chi connectivity index (χ3n) is 3.03. The lowest BCUT2D eigenvalue weighted by molar-refractivity contribution is 0.635. The molecule has 0 atom stereocenters. The molecule has 0 aliphatic heterocycles. The molecule has 0 amide bonds. The average Bonchev–Trinajstić information content (AvgIpc) is 2.85. The first-order chi connectivity index (χ1) is 10.1. The van der Waals surface area contributed by atoms with Crippen LogP contribution in [0.15, 0.2) is 12.4 Å². The number of aromatic nitrogens is 5. The van der Waals surface area contributed by atoms with Crippen molar-refractivity contribution >= 4 is 23.5 Å². The molecule has 114 valence electrons. The predicted molar refractivity (Wildman–Crippen MR) is 83.9 cm³/mol. The van der Waals surface area contributed by atoms with E-state index in [0.29, 0.717) is 18.4 Å². The second kappa shape index (κ2) is 7.21. The van der Waals surface area contributed by atoms with Gasteiger partial charge in [0, 0.05) is 25.8 Å². The Morgan fingerprint density at radius 1 is 1.24 bits per heavy atom. The fourth-order valence-electron chi connectivity index (χ4n) is 1.94. The smallest absolute Gasteiger partial charge is 0.231 e. The molecule has 0 radical (unpaired) electrons. The Kier molecular flexibility index (Phi) is 5.32. The molecule has 0 fully saturated rings. The Morgan fingerprint density at radius 2 is 2.00 bits per heavy atom. The van der Waals surface area contributed by atoms with Gasteiger partial charge in [-0.3, -0.25) is 4.68 Å². The summed E-state index contributed by atoms with van der Waals surface area (Å²) in [6, 6.07) is 0. The molecule has 7 nitrogen and oxygen atoms in total. The summed E-state index contributed by atoms with van der Waals surface area (Å²) in [6.07, 6.45) is 3.82. The van der Waals surface area contributed by atoms with E-state index in [1.54, 1.807) is 0 Å². The zero-order valence-corrected chi connectivity index (χ0v) is 13.3. The summed E-state index contributed by atoms with van der Waals surface area (Å²) in [5, 5.41) is 7.58. The number of hydrogen-bond acceptors (Lipinski definition) is 6. The third-order valence-corrected chi connectivity index (χ3v) is 3.20. The highest BCUT2D eigenvalue weighted by Gasteiger charge is 2.09. The topological polar surface area (TPSA) is 71.8 Å². The molecule has 2 aromatic heterocycles. The fraction of sp³-hybridized carbons (Fsp3) is 0.538. The highest BCUT2D eigenvalue weighted by molar-refractivity contribution is 6.28. The van der Waals surface area contributed by atoms with Crippen molar-refractivity contribution in [2.75, 3.05) is 29.9 Å². The van der Waals surface area contributed by atoms with Gasteiger partial charge in [-0.1, -0.05) is 0 Å². The van der Waals surface area contributed by atoms with Crippen LogP contribution in [0.2, 0.25) is 5.28 Å². The number of hydrogen-bond donors (Lipinski definition) is 1. The van der Waals surface area contributed by atoms with Gasteiger partial charge in [-0.15, -0.1) is 0 Å². The summed E-state index contributed by atoms with van der Waals surface area (Å²) >= 11 is 5.96. The van der Waals surface area contributed by atoms with Gasteiger partial charge in [0.15, 0.2) is 0 Å². The second-order valence-corrected chi connectivity index (χ2v) is 4.95. The third kappa shape index (κ3) is 4.29. The van der Waals surface area contributed by atoms with Crippen LogP contribution in [-0.2, 0) is 6.54 Å². The van der Waals surface area contributed by atoms with E-state index in [-0.39, 0.29) is 5.28 Å². The van der Waals surface area contributed by atoms with Crippen LogP contribution in [-0.4, -0.2) is 44.4 Å². The van der Waals surface area contributed by atoms with E-state index in [9.17, 15) is 0 Å². The molecule has 8 heteroatoms. The van der Waals surface area contributed by atoms with Gasteiger partial charge in [-0.05, 0) is 37.9 Å². The van der Waals surface area contributed by atoms with Crippen LogP contribution in [0.25, 0.3) is 0 Å². The maximum absolute atomic E-state index is 5.96. The highest BCUT2D eigenvalue weighted by atomic mass is 35.5. The van der Waals surface area contributed by atoms with Crippen molar-refractivity contribution in [2.24, 2.45) is 0 Å². The maximum atomic E-state index is 5.96. The van der Waals surface area contributed by atoms with Gasteiger partial charge in [0.25, 0.3) is 0 Å². The highest BCUT2D eigenvalue weighted by Crippen LogP contribution is 2.13. The van der Waals surface area contributed by atoms with Crippen molar-refractivity contribution in [2.45, 2.75) is 27.3 Å². The lowest BCUT2D eigenvalue weighted by Crippen LogP contribution is -2.25. The van der Waals surface area contributed by atoms with Crippen LogP contribution >= 0.6 is 11.6 Å². The molecule has 1 N–H and O–H groups in total. The molecule has 2 rings (SSSR count). The molecule has 0 aliphatic carbocycles. The molecule has 0 spiro atoms. The van der Waals surface area contributed by atoms with Gasteiger partial charge in [0.05, 0.1) is 12.7 Å². The van der Waals surface area contributed by atoms with Gasteiger partial charge >= 0.3 is 0 Å². The lowest BCUT2D eigenvalue weighted by atomic mass is 10.4. The van der Waals surface area contributed by atoms with Crippen LogP contribution in [0.3, 0.4) is 0 Å². The number of rotatable bonds is 7. The van der Waals surface area contributed by atoms with Crippen molar-refractivity contribution in [3.8, 4) is 0 Å². The maximum Gasteiger partial charge on any atom is 0.231 e. The van der Waals surface area contributed by atoms with Crippen molar-refractivity contribution in [1.29, 1.82) is 0 Å². The number of aryl methyl sites for hydroxylation is 1. The van der Waals surface area contributed by atoms with Crippen molar-refractivity contribution in [3.63, 3.8) is 0 Å². The minimum Gasteiger partial charge on any atom is -0.352 e. The molecule has 2 heterocycles. The summed E-state index contributed by atoms with van der Waals surface area (Å²) in [5.74, 6) is 1.08. The normalized spacial score (nSPS) is 10.7. The molecule has 21 heavy (non-hydrogen) atoms. The molecule has 0 aromatic carbocycles. The van der Waals surface area contributed by atoms with E-state index < -0.39 is 0 Å². The molecule has 0 unspecified atom stereocenters. The second-order valence-electron chi connectivity index (χ2n) is 4.61. The first-order valence-corrected chi connectivity index (χ1v) is 7.39. The van der Waals surface area contributed by atoms with Crippen LogP contribution in [0.5, 0.6) is 0 Å².